The highest BCUT2D eigenvalue weighted by molar-refractivity contribution is 7.99. The van der Waals surface area contributed by atoms with E-state index in [0.29, 0.717) is 28.2 Å². The van der Waals surface area contributed by atoms with Gasteiger partial charge in [0.05, 0.1) is 11.4 Å². The SMILES string of the molecule is CC1CCN(C(=O)CSc2nnc3ccc(-c4ccc(F)cc4)nn23)CC1. The third-order valence-electron chi connectivity index (χ3n) is 4.84. The summed E-state index contributed by atoms with van der Waals surface area (Å²) in [5, 5.41) is 13.4. The van der Waals surface area contributed by atoms with E-state index in [1.165, 1.54) is 23.9 Å². The zero-order chi connectivity index (χ0) is 18.8. The lowest BCUT2D eigenvalue weighted by Crippen LogP contribution is -2.38. The molecule has 27 heavy (non-hydrogen) atoms. The largest absolute Gasteiger partial charge is 0.342 e. The number of fused-ring (bicyclic) bond motifs is 1. The number of piperidine rings is 1. The number of thioether (sulfide) groups is 1. The molecule has 4 rings (SSSR count). The molecule has 3 heterocycles. The molecule has 3 aromatic rings. The molecule has 140 valence electrons. The molecule has 1 aliphatic heterocycles. The molecule has 1 fully saturated rings. The molecule has 0 N–H and O–H groups in total. The van der Waals surface area contributed by atoms with Gasteiger partial charge in [-0.2, -0.15) is 9.61 Å². The van der Waals surface area contributed by atoms with Crippen molar-refractivity contribution in [3.05, 3.63) is 42.2 Å². The van der Waals surface area contributed by atoms with Crippen LogP contribution in [0.25, 0.3) is 16.9 Å². The van der Waals surface area contributed by atoms with Crippen molar-refractivity contribution in [3.8, 4) is 11.3 Å². The average Bonchev–Trinajstić information content (AvgIpc) is 3.09. The maximum Gasteiger partial charge on any atom is 0.233 e. The van der Waals surface area contributed by atoms with Gasteiger partial charge in [0.15, 0.2) is 5.65 Å². The van der Waals surface area contributed by atoms with Gasteiger partial charge in [-0.05, 0) is 55.2 Å². The van der Waals surface area contributed by atoms with E-state index < -0.39 is 0 Å². The molecule has 0 atom stereocenters. The summed E-state index contributed by atoms with van der Waals surface area (Å²) in [6, 6.07) is 9.81. The fourth-order valence-electron chi connectivity index (χ4n) is 3.11. The van der Waals surface area contributed by atoms with E-state index in [1.807, 2.05) is 17.0 Å². The number of hydrogen-bond donors (Lipinski definition) is 0. The number of nitrogens with zero attached hydrogens (tertiary/aromatic N) is 5. The van der Waals surface area contributed by atoms with Crippen LogP contribution >= 0.6 is 11.8 Å². The number of halogens is 1. The summed E-state index contributed by atoms with van der Waals surface area (Å²) < 4.78 is 14.8. The zero-order valence-corrected chi connectivity index (χ0v) is 15.8. The second kappa shape index (κ2) is 7.64. The Morgan fingerprint density at radius 3 is 2.63 bits per heavy atom. The van der Waals surface area contributed by atoms with Crippen LogP contribution in [0.15, 0.2) is 41.6 Å². The Hall–Kier alpha value is -2.48. The molecule has 1 aliphatic rings. The maximum atomic E-state index is 13.1. The van der Waals surface area contributed by atoms with Crippen LogP contribution in [0.2, 0.25) is 0 Å². The Labute approximate surface area is 160 Å². The molecule has 2 aromatic heterocycles. The van der Waals surface area contributed by atoms with Crippen LogP contribution < -0.4 is 0 Å². The van der Waals surface area contributed by atoms with Gasteiger partial charge in [0, 0.05) is 18.7 Å². The van der Waals surface area contributed by atoms with Crippen molar-refractivity contribution >= 4 is 23.3 Å². The summed E-state index contributed by atoms with van der Waals surface area (Å²) in [6.07, 6.45) is 2.12. The smallest absolute Gasteiger partial charge is 0.233 e. The second-order valence-corrected chi connectivity index (χ2v) is 7.77. The van der Waals surface area contributed by atoms with Crippen LogP contribution in [-0.2, 0) is 4.79 Å². The Kier molecular flexibility index (Phi) is 5.07. The normalized spacial score (nSPS) is 15.4. The minimum absolute atomic E-state index is 0.123. The number of benzene rings is 1. The lowest BCUT2D eigenvalue weighted by molar-refractivity contribution is -0.129. The molecule has 6 nitrogen and oxygen atoms in total. The molecule has 0 spiro atoms. The summed E-state index contributed by atoms with van der Waals surface area (Å²) >= 11 is 1.34. The first-order valence-corrected chi connectivity index (χ1v) is 9.98. The first kappa shape index (κ1) is 17.9. The molecule has 0 aliphatic carbocycles. The molecule has 0 unspecified atom stereocenters. The monoisotopic (exact) mass is 385 g/mol. The van der Waals surface area contributed by atoms with Crippen molar-refractivity contribution in [1.82, 2.24) is 24.7 Å². The number of amides is 1. The Balaban J connectivity index is 1.49. The fourth-order valence-corrected chi connectivity index (χ4v) is 3.90. The summed E-state index contributed by atoms with van der Waals surface area (Å²) in [5.74, 6) is 0.845. The summed E-state index contributed by atoms with van der Waals surface area (Å²) in [7, 11) is 0. The molecule has 1 amide bonds. The van der Waals surface area contributed by atoms with Gasteiger partial charge in [0.1, 0.15) is 5.82 Å². The first-order chi connectivity index (χ1) is 13.1. The van der Waals surface area contributed by atoms with E-state index in [2.05, 4.69) is 22.2 Å². The molecule has 0 saturated carbocycles. The average molecular weight is 385 g/mol. The predicted octanol–water partition coefficient (Wildman–Crippen LogP) is 3.28. The van der Waals surface area contributed by atoms with E-state index in [0.717, 1.165) is 31.5 Å². The maximum absolute atomic E-state index is 13.1. The van der Waals surface area contributed by atoms with E-state index in [9.17, 15) is 9.18 Å². The highest BCUT2D eigenvalue weighted by Crippen LogP contribution is 2.22. The van der Waals surface area contributed by atoms with Gasteiger partial charge < -0.3 is 4.90 Å². The Morgan fingerprint density at radius 1 is 1.15 bits per heavy atom. The van der Waals surface area contributed by atoms with Crippen LogP contribution in [0.3, 0.4) is 0 Å². The van der Waals surface area contributed by atoms with Crippen molar-refractivity contribution in [2.24, 2.45) is 5.92 Å². The van der Waals surface area contributed by atoms with Gasteiger partial charge in [-0.25, -0.2) is 4.39 Å². The highest BCUT2D eigenvalue weighted by atomic mass is 32.2. The number of likely N-dealkylation sites (tertiary alicyclic amines) is 1. The predicted molar refractivity (Wildman–Crippen MR) is 102 cm³/mol. The van der Waals surface area contributed by atoms with E-state index in [-0.39, 0.29) is 11.7 Å². The van der Waals surface area contributed by atoms with Crippen molar-refractivity contribution in [2.75, 3.05) is 18.8 Å². The quantitative estimate of drug-likeness (QED) is 0.645. The van der Waals surface area contributed by atoms with Gasteiger partial charge in [0.2, 0.25) is 11.1 Å². The zero-order valence-electron chi connectivity index (χ0n) is 15.0. The van der Waals surface area contributed by atoms with Gasteiger partial charge in [-0.1, -0.05) is 18.7 Å². The number of carbonyl (C=O) groups is 1. The van der Waals surface area contributed by atoms with E-state index in [4.69, 9.17) is 0 Å². The van der Waals surface area contributed by atoms with Gasteiger partial charge in [-0.3, -0.25) is 4.79 Å². The molecule has 0 radical (unpaired) electrons. The third kappa shape index (κ3) is 3.95. The molecular formula is C19H20FN5OS. The third-order valence-corrected chi connectivity index (χ3v) is 5.74. The van der Waals surface area contributed by atoms with Crippen molar-refractivity contribution in [3.63, 3.8) is 0 Å². The molecule has 1 saturated heterocycles. The fraction of sp³-hybridized carbons (Fsp3) is 0.368. The van der Waals surface area contributed by atoms with Crippen molar-refractivity contribution in [1.29, 1.82) is 0 Å². The lowest BCUT2D eigenvalue weighted by atomic mass is 9.99. The number of carbonyl (C=O) groups excluding carboxylic acids is 1. The number of rotatable bonds is 4. The molecule has 8 heteroatoms. The topological polar surface area (TPSA) is 63.4 Å². The summed E-state index contributed by atoms with van der Waals surface area (Å²) in [5.41, 5.74) is 2.12. The lowest BCUT2D eigenvalue weighted by Gasteiger charge is -2.30. The standard InChI is InChI=1S/C19H20FN5OS/c1-13-8-10-24(11-9-13)18(26)12-27-19-22-21-17-7-6-16(23-25(17)19)14-2-4-15(20)5-3-14/h2-7,13H,8-12H2,1H3. The van der Waals surface area contributed by atoms with Crippen LogP contribution in [0.1, 0.15) is 19.8 Å². The van der Waals surface area contributed by atoms with Crippen LogP contribution in [0.4, 0.5) is 4.39 Å². The number of aromatic nitrogens is 4. The van der Waals surface area contributed by atoms with Gasteiger partial charge >= 0.3 is 0 Å². The minimum atomic E-state index is -0.286. The molecule has 1 aromatic carbocycles. The number of hydrogen-bond acceptors (Lipinski definition) is 5. The van der Waals surface area contributed by atoms with Gasteiger partial charge in [-0.15, -0.1) is 10.2 Å². The first-order valence-electron chi connectivity index (χ1n) is 8.99. The van der Waals surface area contributed by atoms with Crippen molar-refractivity contribution < 1.29 is 9.18 Å². The summed E-state index contributed by atoms with van der Waals surface area (Å²) in [4.78, 5) is 14.4. The highest BCUT2D eigenvalue weighted by Gasteiger charge is 2.21. The van der Waals surface area contributed by atoms with Crippen LogP contribution in [0, 0.1) is 11.7 Å². The molecular weight excluding hydrogens is 365 g/mol. The van der Waals surface area contributed by atoms with Crippen LogP contribution in [0.5, 0.6) is 0 Å². The van der Waals surface area contributed by atoms with E-state index in [1.54, 1.807) is 16.6 Å². The Bertz CT molecular complexity index is 950. The van der Waals surface area contributed by atoms with E-state index >= 15 is 0 Å². The Morgan fingerprint density at radius 2 is 1.89 bits per heavy atom. The second-order valence-electron chi connectivity index (χ2n) is 6.83. The van der Waals surface area contributed by atoms with Gasteiger partial charge in [0.25, 0.3) is 0 Å². The van der Waals surface area contributed by atoms with Crippen molar-refractivity contribution in [2.45, 2.75) is 24.9 Å². The van der Waals surface area contributed by atoms with Crippen LogP contribution in [-0.4, -0.2) is 49.5 Å². The minimum Gasteiger partial charge on any atom is -0.342 e. The molecule has 0 bridgehead atoms. The summed E-state index contributed by atoms with van der Waals surface area (Å²) in [6.45, 7) is 3.88.